The van der Waals surface area contributed by atoms with Crippen LogP contribution >= 0.6 is 15.9 Å². The molecular weight excluding hydrogens is 265 g/mol. The number of hydrogen-bond acceptors (Lipinski definition) is 3. The lowest BCUT2D eigenvalue weighted by molar-refractivity contribution is 0.0855. The minimum absolute atomic E-state index is 0.225. The highest BCUT2D eigenvalue weighted by molar-refractivity contribution is 9.10. The Bertz CT molecular complexity index is 322. The molecule has 0 bridgehead atoms. The SMILES string of the molecule is COCC(CN)Oc1ccc(F)cc1Br. The lowest BCUT2D eigenvalue weighted by atomic mass is 10.3. The van der Waals surface area contributed by atoms with Crippen LogP contribution in [0.5, 0.6) is 5.75 Å². The normalized spacial score (nSPS) is 12.5. The molecule has 0 radical (unpaired) electrons. The zero-order valence-corrected chi connectivity index (χ0v) is 9.96. The van der Waals surface area contributed by atoms with E-state index in [1.807, 2.05) is 0 Å². The zero-order valence-electron chi connectivity index (χ0n) is 8.37. The average Bonchev–Trinajstić information content (AvgIpc) is 2.21. The van der Waals surface area contributed by atoms with Crippen LogP contribution < -0.4 is 10.5 Å². The van der Waals surface area contributed by atoms with Gasteiger partial charge in [-0.05, 0) is 34.1 Å². The fraction of sp³-hybridized carbons (Fsp3) is 0.400. The molecule has 15 heavy (non-hydrogen) atoms. The van der Waals surface area contributed by atoms with E-state index in [0.29, 0.717) is 23.4 Å². The van der Waals surface area contributed by atoms with Crippen LogP contribution in [0, 0.1) is 5.82 Å². The molecule has 1 unspecified atom stereocenters. The number of rotatable bonds is 5. The first-order valence-electron chi connectivity index (χ1n) is 4.48. The Morgan fingerprint density at radius 1 is 1.53 bits per heavy atom. The molecule has 1 aromatic rings. The molecule has 0 aliphatic rings. The molecule has 0 heterocycles. The van der Waals surface area contributed by atoms with Gasteiger partial charge in [0, 0.05) is 13.7 Å². The van der Waals surface area contributed by atoms with E-state index in [4.69, 9.17) is 15.2 Å². The predicted octanol–water partition coefficient (Wildman–Crippen LogP) is 1.94. The summed E-state index contributed by atoms with van der Waals surface area (Å²) in [5, 5.41) is 0. The molecule has 3 nitrogen and oxygen atoms in total. The summed E-state index contributed by atoms with van der Waals surface area (Å²) < 4.78 is 23.8. The van der Waals surface area contributed by atoms with Gasteiger partial charge in [-0.15, -0.1) is 0 Å². The van der Waals surface area contributed by atoms with Crippen molar-refractivity contribution in [3.05, 3.63) is 28.5 Å². The van der Waals surface area contributed by atoms with Gasteiger partial charge in [0.25, 0.3) is 0 Å². The van der Waals surface area contributed by atoms with Gasteiger partial charge in [-0.3, -0.25) is 0 Å². The molecule has 1 atom stereocenters. The van der Waals surface area contributed by atoms with E-state index in [1.54, 1.807) is 13.2 Å². The van der Waals surface area contributed by atoms with Crippen molar-refractivity contribution in [3.63, 3.8) is 0 Å². The Morgan fingerprint density at radius 3 is 2.80 bits per heavy atom. The maximum atomic E-state index is 12.8. The second kappa shape index (κ2) is 6.05. The van der Waals surface area contributed by atoms with E-state index in [-0.39, 0.29) is 11.9 Å². The topological polar surface area (TPSA) is 44.5 Å². The van der Waals surface area contributed by atoms with Crippen LogP contribution in [0.1, 0.15) is 0 Å². The standard InChI is InChI=1S/C10H13BrFNO2/c1-14-6-8(5-13)15-10-3-2-7(12)4-9(10)11/h2-4,8H,5-6,13H2,1H3. The van der Waals surface area contributed by atoms with Crippen LogP contribution in [0.2, 0.25) is 0 Å². The molecule has 0 fully saturated rings. The van der Waals surface area contributed by atoms with Crippen molar-refractivity contribution in [1.82, 2.24) is 0 Å². The Kier molecular flexibility index (Phi) is 5.01. The van der Waals surface area contributed by atoms with Gasteiger partial charge in [-0.2, -0.15) is 0 Å². The van der Waals surface area contributed by atoms with Gasteiger partial charge in [0.05, 0.1) is 11.1 Å². The quantitative estimate of drug-likeness (QED) is 0.895. The van der Waals surface area contributed by atoms with Gasteiger partial charge in [0.1, 0.15) is 17.7 Å². The predicted molar refractivity (Wildman–Crippen MR) is 59.4 cm³/mol. The molecule has 0 spiro atoms. The summed E-state index contributed by atoms with van der Waals surface area (Å²) in [4.78, 5) is 0. The zero-order chi connectivity index (χ0) is 11.3. The molecule has 0 saturated carbocycles. The second-order valence-electron chi connectivity index (χ2n) is 3.01. The number of methoxy groups -OCH3 is 1. The van der Waals surface area contributed by atoms with Gasteiger partial charge in [0.15, 0.2) is 0 Å². The van der Waals surface area contributed by atoms with Crippen LogP contribution in [-0.4, -0.2) is 26.4 Å². The Labute approximate surface area is 96.5 Å². The lowest BCUT2D eigenvalue weighted by Gasteiger charge is -2.17. The molecular formula is C10H13BrFNO2. The molecule has 1 aromatic carbocycles. The van der Waals surface area contributed by atoms with Gasteiger partial charge >= 0.3 is 0 Å². The Balaban J connectivity index is 2.70. The van der Waals surface area contributed by atoms with Gasteiger partial charge in [0.2, 0.25) is 0 Å². The Hall–Kier alpha value is -0.650. The summed E-state index contributed by atoms with van der Waals surface area (Å²) in [6.07, 6.45) is -0.225. The summed E-state index contributed by atoms with van der Waals surface area (Å²) in [7, 11) is 1.58. The maximum Gasteiger partial charge on any atom is 0.134 e. The third-order valence-electron chi connectivity index (χ3n) is 1.80. The largest absolute Gasteiger partial charge is 0.486 e. The molecule has 0 aliphatic heterocycles. The van der Waals surface area contributed by atoms with Gasteiger partial charge < -0.3 is 15.2 Å². The molecule has 0 aliphatic carbocycles. The number of ether oxygens (including phenoxy) is 2. The van der Waals surface area contributed by atoms with E-state index in [9.17, 15) is 4.39 Å². The minimum Gasteiger partial charge on any atom is -0.486 e. The molecule has 1 rings (SSSR count). The lowest BCUT2D eigenvalue weighted by Crippen LogP contribution is -2.31. The van der Waals surface area contributed by atoms with Crippen molar-refractivity contribution in [1.29, 1.82) is 0 Å². The third kappa shape index (κ3) is 3.77. The van der Waals surface area contributed by atoms with Crippen molar-refractivity contribution < 1.29 is 13.9 Å². The summed E-state index contributed by atoms with van der Waals surface area (Å²) in [6.45, 7) is 0.748. The number of benzene rings is 1. The summed E-state index contributed by atoms with van der Waals surface area (Å²) in [6, 6.07) is 4.23. The highest BCUT2D eigenvalue weighted by atomic mass is 79.9. The fourth-order valence-corrected chi connectivity index (χ4v) is 1.53. The summed E-state index contributed by atoms with van der Waals surface area (Å²) in [5.41, 5.74) is 5.49. The highest BCUT2D eigenvalue weighted by Crippen LogP contribution is 2.26. The monoisotopic (exact) mass is 277 g/mol. The van der Waals surface area contributed by atoms with E-state index >= 15 is 0 Å². The molecule has 0 aromatic heterocycles. The second-order valence-corrected chi connectivity index (χ2v) is 3.86. The van der Waals surface area contributed by atoms with E-state index in [1.165, 1.54) is 12.1 Å². The van der Waals surface area contributed by atoms with Crippen LogP contribution in [0.15, 0.2) is 22.7 Å². The number of nitrogens with two attached hydrogens (primary N) is 1. The van der Waals surface area contributed by atoms with Gasteiger partial charge in [-0.1, -0.05) is 0 Å². The van der Waals surface area contributed by atoms with Crippen LogP contribution in [-0.2, 0) is 4.74 Å². The minimum atomic E-state index is -0.315. The molecule has 2 N–H and O–H groups in total. The van der Waals surface area contributed by atoms with E-state index in [2.05, 4.69) is 15.9 Å². The number of halogens is 2. The Morgan fingerprint density at radius 2 is 2.27 bits per heavy atom. The summed E-state index contributed by atoms with van der Waals surface area (Å²) >= 11 is 3.21. The van der Waals surface area contributed by atoms with Crippen molar-refractivity contribution >= 4 is 15.9 Å². The van der Waals surface area contributed by atoms with Crippen molar-refractivity contribution in [2.75, 3.05) is 20.3 Å². The molecule has 84 valence electrons. The first kappa shape index (κ1) is 12.4. The van der Waals surface area contributed by atoms with E-state index in [0.717, 1.165) is 0 Å². The summed E-state index contributed by atoms with van der Waals surface area (Å²) in [5.74, 6) is 0.245. The van der Waals surface area contributed by atoms with Crippen molar-refractivity contribution in [2.45, 2.75) is 6.10 Å². The fourth-order valence-electron chi connectivity index (χ4n) is 1.09. The first-order valence-corrected chi connectivity index (χ1v) is 5.27. The smallest absolute Gasteiger partial charge is 0.134 e. The van der Waals surface area contributed by atoms with Crippen molar-refractivity contribution in [2.24, 2.45) is 5.73 Å². The van der Waals surface area contributed by atoms with Gasteiger partial charge in [-0.25, -0.2) is 4.39 Å². The van der Waals surface area contributed by atoms with Crippen LogP contribution in [0.25, 0.3) is 0 Å². The van der Waals surface area contributed by atoms with Crippen molar-refractivity contribution in [3.8, 4) is 5.75 Å². The third-order valence-corrected chi connectivity index (χ3v) is 2.42. The number of hydrogen-bond donors (Lipinski definition) is 1. The molecule has 5 heteroatoms. The maximum absolute atomic E-state index is 12.8. The van der Waals surface area contributed by atoms with Crippen LogP contribution in [0.4, 0.5) is 4.39 Å². The first-order chi connectivity index (χ1) is 7.17. The molecule has 0 saturated heterocycles. The van der Waals surface area contributed by atoms with Crippen LogP contribution in [0.3, 0.4) is 0 Å². The molecule has 0 amide bonds. The average molecular weight is 278 g/mol. The highest BCUT2D eigenvalue weighted by Gasteiger charge is 2.10. The van der Waals surface area contributed by atoms with E-state index < -0.39 is 0 Å².